The minimum absolute atomic E-state index is 0.0383. The maximum atomic E-state index is 12.7. The van der Waals surface area contributed by atoms with Gasteiger partial charge in [-0.2, -0.15) is 13.2 Å². The van der Waals surface area contributed by atoms with E-state index in [1.54, 1.807) is 11.3 Å². The number of nitrogens with zero attached hydrogens (tertiary/aromatic N) is 4. The highest BCUT2D eigenvalue weighted by Gasteiger charge is 2.32. The number of halogens is 4. The molecule has 2 aromatic heterocycles. The molecule has 1 aliphatic heterocycles. The molecule has 2 aromatic rings. The van der Waals surface area contributed by atoms with Crippen molar-refractivity contribution in [1.29, 1.82) is 0 Å². The van der Waals surface area contributed by atoms with E-state index >= 15 is 0 Å². The second kappa shape index (κ2) is 6.85. The van der Waals surface area contributed by atoms with Crippen molar-refractivity contribution in [2.24, 2.45) is 0 Å². The zero-order valence-corrected chi connectivity index (χ0v) is 14.5. The molecule has 0 unspecified atom stereocenters. The zero-order valence-electron chi connectivity index (χ0n) is 13.0. The lowest BCUT2D eigenvalue weighted by Gasteiger charge is -2.35. The van der Waals surface area contributed by atoms with E-state index in [1.165, 1.54) is 4.88 Å². The molecule has 0 N–H and O–H groups in total. The molecule has 3 heterocycles. The van der Waals surface area contributed by atoms with Crippen molar-refractivity contribution in [3.63, 3.8) is 0 Å². The Morgan fingerprint density at radius 2 is 1.88 bits per heavy atom. The van der Waals surface area contributed by atoms with Crippen LogP contribution in [0.3, 0.4) is 0 Å². The van der Waals surface area contributed by atoms with E-state index in [0.29, 0.717) is 18.9 Å². The predicted octanol–water partition coefficient (Wildman–Crippen LogP) is 3.84. The molecule has 130 valence electrons. The van der Waals surface area contributed by atoms with Crippen LogP contribution in [0.2, 0.25) is 5.02 Å². The normalized spacial score (nSPS) is 16.6. The second-order valence-electron chi connectivity index (χ2n) is 5.64. The van der Waals surface area contributed by atoms with Gasteiger partial charge in [0.1, 0.15) is 5.82 Å². The molecule has 0 aliphatic carbocycles. The predicted molar refractivity (Wildman–Crippen MR) is 88.6 cm³/mol. The molecule has 9 heteroatoms. The summed E-state index contributed by atoms with van der Waals surface area (Å²) >= 11 is 7.69. The Morgan fingerprint density at radius 1 is 1.17 bits per heavy atom. The maximum Gasteiger partial charge on any atom is 0.417 e. The molecule has 1 fully saturated rings. The Bertz CT molecular complexity index is 711. The molecule has 0 aromatic carbocycles. The largest absolute Gasteiger partial charge is 0.417 e. The Labute approximate surface area is 146 Å². The van der Waals surface area contributed by atoms with Crippen molar-refractivity contribution in [3.8, 4) is 0 Å². The Hall–Kier alpha value is -1.38. The zero-order chi connectivity index (χ0) is 17.3. The van der Waals surface area contributed by atoms with Crippen LogP contribution < -0.4 is 4.90 Å². The van der Waals surface area contributed by atoms with Gasteiger partial charge >= 0.3 is 6.18 Å². The molecule has 0 bridgehead atoms. The molecule has 0 spiro atoms. The van der Waals surface area contributed by atoms with Gasteiger partial charge in [-0.3, -0.25) is 4.90 Å². The lowest BCUT2D eigenvalue weighted by molar-refractivity contribution is -0.137. The van der Waals surface area contributed by atoms with Crippen molar-refractivity contribution in [2.75, 3.05) is 31.1 Å². The van der Waals surface area contributed by atoms with Crippen LogP contribution in [0.4, 0.5) is 19.0 Å². The summed E-state index contributed by atoms with van der Waals surface area (Å²) in [6.45, 7) is 5.77. The average molecular weight is 377 g/mol. The lowest BCUT2D eigenvalue weighted by Crippen LogP contribution is -2.46. The van der Waals surface area contributed by atoms with Crippen LogP contribution in [0.25, 0.3) is 0 Å². The van der Waals surface area contributed by atoms with E-state index in [-0.39, 0.29) is 5.02 Å². The van der Waals surface area contributed by atoms with Gasteiger partial charge in [-0.1, -0.05) is 11.6 Å². The number of rotatable bonds is 3. The number of anilines is 1. The molecule has 1 aliphatic rings. The first-order chi connectivity index (χ1) is 11.3. The van der Waals surface area contributed by atoms with Crippen molar-refractivity contribution < 1.29 is 13.2 Å². The van der Waals surface area contributed by atoms with Crippen molar-refractivity contribution in [3.05, 3.63) is 38.9 Å². The summed E-state index contributed by atoms with van der Waals surface area (Å²) in [6, 6.07) is 0.941. The van der Waals surface area contributed by atoms with E-state index in [0.717, 1.165) is 36.9 Å². The van der Waals surface area contributed by atoms with Gasteiger partial charge in [0.05, 0.1) is 15.6 Å². The van der Waals surface area contributed by atoms with Crippen molar-refractivity contribution in [1.82, 2.24) is 14.9 Å². The molecule has 3 rings (SSSR count). The van der Waals surface area contributed by atoms with Gasteiger partial charge in [0.2, 0.25) is 0 Å². The van der Waals surface area contributed by atoms with E-state index in [2.05, 4.69) is 14.9 Å². The summed E-state index contributed by atoms with van der Waals surface area (Å²) in [7, 11) is 0. The van der Waals surface area contributed by atoms with Crippen LogP contribution in [0.15, 0.2) is 18.5 Å². The fourth-order valence-corrected chi connectivity index (χ4v) is 3.76. The Kier molecular flexibility index (Phi) is 4.98. The van der Waals surface area contributed by atoms with Gasteiger partial charge in [-0.15, -0.1) is 11.3 Å². The van der Waals surface area contributed by atoms with Gasteiger partial charge in [0.15, 0.2) is 0 Å². The number of pyridine rings is 1. The van der Waals surface area contributed by atoms with Gasteiger partial charge in [-0.25, -0.2) is 9.97 Å². The van der Waals surface area contributed by atoms with Crippen LogP contribution >= 0.6 is 22.9 Å². The summed E-state index contributed by atoms with van der Waals surface area (Å²) < 4.78 is 38.0. The van der Waals surface area contributed by atoms with Crippen LogP contribution in [0, 0.1) is 6.92 Å². The third-order valence-corrected chi connectivity index (χ3v) is 5.05. The highest BCUT2D eigenvalue weighted by molar-refractivity contribution is 7.11. The van der Waals surface area contributed by atoms with E-state index < -0.39 is 11.7 Å². The third kappa shape index (κ3) is 3.99. The first-order valence-corrected chi connectivity index (χ1v) is 8.64. The molecule has 4 nitrogen and oxygen atoms in total. The first-order valence-electron chi connectivity index (χ1n) is 7.44. The molecule has 24 heavy (non-hydrogen) atoms. The summed E-state index contributed by atoms with van der Waals surface area (Å²) in [5.41, 5.74) is -0.824. The second-order valence-corrected chi connectivity index (χ2v) is 7.36. The Morgan fingerprint density at radius 3 is 2.42 bits per heavy atom. The van der Waals surface area contributed by atoms with Crippen LogP contribution in [0.5, 0.6) is 0 Å². The topological polar surface area (TPSA) is 32.3 Å². The van der Waals surface area contributed by atoms with Gasteiger partial charge in [-0.05, 0) is 13.0 Å². The van der Waals surface area contributed by atoms with Crippen LogP contribution in [-0.2, 0) is 12.7 Å². The highest BCUT2D eigenvalue weighted by atomic mass is 35.5. The molecule has 0 radical (unpaired) electrons. The number of hydrogen-bond donors (Lipinski definition) is 0. The van der Waals surface area contributed by atoms with E-state index in [1.807, 2.05) is 18.0 Å². The minimum atomic E-state index is -4.43. The summed E-state index contributed by atoms with van der Waals surface area (Å²) in [5, 5.41) is 1.08. The average Bonchev–Trinajstić information content (AvgIpc) is 2.92. The molecule has 0 amide bonds. The number of aromatic nitrogens is 2. The smallest absolute Gasteiger partial charge is 0.353 e. The number of hydrogen-bond acceptors (Lipinski definition) is 5. The summed E-state index contributed by atoms with van der Waals surface area (Å²) in [4.78, 5) is 13.6. The lowest BCUT2D eigenvalue weighted by atomic mass is 10.2. The van der Waals surface area contributed by atoms with Gasteiger partial charge in [0.25, 0.3) is 0 Å². The molecule has 1 saturated heterocycles. The first kappa shape index (κ1) is 17.4. The number of thiazole rings is 1. The number of alkyl halides is 3. The Balaban J connectivity index is 1.62. The van der Waals surface area contributed by atoms with E-state index in [4.69, 9.17) is 11.6 Å². The van der Waals surface area contributed by atoms with Crippen LogP contribution in [0.1, 0.15) is 15.4 Å². The summed E-state index contributed by atoms with van der Waals surface area (Å²) in [5.74, 6) is 0.415. The van der Waals surface area contributed by atoms with Gasteiger partial charge < -0.3 is 4.90 Å². The SMILES string of the molecule is Cc1ncc(CN2CCN(c3ncc(C(F)(F)F)cc3Cl)CC2)s1. The number of piperazine rings is 1. The van der Waals surface area contributed by atoms with Crippen molar-refractivity contribution in [2.45, 2.75) is 19.6 Å². The summed E-state index contributed by atoms with van der Waals surface area (Å²) in [6.07, 6.45) is -1.70. The fourth-order valence-electron chi connectivity index (χ4n) is 2.64. The van der Waals surface area contributed by atoms with Crippen LogP contribution in [-0.4, -0.2) is 41.0 Å². The highest BCUT2D eigenvalue weighted by Crippen LogP contribution is 2.33. The molecule has 0 saturated carbocycles. The van der Waals surface area contributed by atoms with Crippen molar-refractivity contribution >= 4 is 28.8 Å². The molecular weight excluding hydrogens is 361 g/mol. The molecular formula is C15H16ClF3N4S. The monoisotopic (exact) mass is 376 g/mol. The molecule has 0 atom stereocenters. The minimum Gasteiger partial charge on any atom is -0.353 e. The number of aryl methyl sites for hydroxylation is 1. The standard InChI is InChI=1S/C15H16ClF3N4S/c1-10-20-8-12(24-10)9-22-2-4-23(5-3-22)14-13(16)6-11(7-21-14)15(17,18)19/h6-8H,2-5,9H2,1H3. The quantitative estimate of drug-likeness (QED) is 0.814. The fraction of sp³-hybridized carbons (Fsp3) is 0.467. The van der Waals surface area contributed by atoms with E-state index in [9.17, 15) is 13.2 Å². The maximum absolute atomic E-state index is 12.7. The third-order valence-electron chi connectivity index (χ3n) is 3.87. The van der Waals surface area contributed by atoms with Gasteiger partial charge in [0, 0.05) is 50.0 Å².